The van der Waals surface area contributed by atoms with Gasteiger partial charge >= 0.3 is 0 Å². The largest absolute Gasteiger partial charge is 0.334 e. The van der Waals surface area contributed by atoms with Crippen LogP contribution in [0.3, 0.4) is 0 Å². The van der Waals surface area contributed by atoms with Gasteiger partial charge in [0.15, 0.2) is 0 Å². The minimum absolute atomic E-state index is 0.228. The van der Waals surface area contributed by atoms with Crippen LogP contribution in [0.2, 0.25) is 0 Å². The highest BCUT2D eigenvalue weighted by Crippen LogP contribution is 2.23. The van der Waals surface area contributed by atoms with E-state index in [1.807, 2.05) is 11.8 Å². The number of hydrogen-bond donors (Lipinski definition) is 1. The molecule has 0 saturated carbocycles. The lowest BCUT2D eigenvalue weighted by molar-refractivity contribution is -0.129. The number of aryl methyl sites for hydroxylation is 2. The number of benzene rings is 1. The second kappa shape index (κ2) is 8.21. The van der Waals surface area contributed by atoms with Crippen LogP contribution in [-0.2, 0) is 17.9 Å². The molecule has 1 saturated heterocycles. The van der Waals surface area contributed by atoms with Crippen molar-refractivity contribution in [3.05, 3.63) is 59.2 Å². The van der Waals surface area contributed by atoms with Crippen LogP contribution >= 0.6 is 0 Å². The second-order valence-electron chi connectivity index (χ2n) is 6.82. The molecule has 1 aromatic heterocycles. The lowest BCUT2D eigenvalue weighted by Crippen LogP contribution is -2.35. The SMILES string of the molecule is Cc1cccc(CNCC[C@@H]2CCC(=O)N2Cc2cnc(C)cn2)c1. The first kappa shape index (κ1) is 17.5. The van der Waals surface area contributed by atoms with Crippen molar-refractivity contribution in [2.45, 2.75) is 52.2 Å². The summed E-state index contributed by atoms with van der Waals surface area (Å²) in [4.78, 5) is 22.8. The van der Waals surface area contributed by atoms with Crippen molar-refractivity contribution in [2.24, 2.45) is 0 Å². The minimum Gasteiger partial charge on any atom is -0.334 e. The van der Waals surface area contributed by atoms with Gasteiger partial charge in [0.05, 0.1) is 24.1 Å². The van der Waals surface area contributed by atoms with Crippen LogP contribution < -0.4 is 5.32 Å². The van der Waals surface area contributed by atoms with E-state index in [1.165, 1.54) is 11.1 Å². The fourth-order valence-corrected chi connectivity index (χ4v) is 3.31. The lowest BCUT2D eigenvalue weighted by atomic mass is 10.1. The van der Waals surface area contributed by atoms with Crippen LogP contribution in [0.15, 0.2) is 36.7 Å². The van der Waals surface area contributed by atoms with Gasteiger partial charge in [0.2, 0.25) is 5.91 Å². The van der Waals surface area contributed by atoms with Crippen molar-refractivity contribution in [1.29, 1.82) is 0 Å². The fourth-order valence-electron chi connectivity index (χ4n) is 3.31. The number of hydrogen-bond acceptors (Lipinski definition) is 4. The van der Waals surface area contributed by atoms with Gasteiger partial charge in [-0.15, -0.1) is 0 Å². The van der Waals surface area contributed by atoms with Crippen LogP contribution in [0, 0.1) is 13.8 Å². The zero-order chi connectivity index (χ0) is 17.6. The highest BCUT2D eigenvalue weighted by molar-refractivity contribution is 5.78. The van der Waals surface area contributed by atoms with Crippen LogP contribution in [0.25, 0.3) is 0 Å². The Bertz CT molecular complexity index is 714. The summed E-state index contributed by atoms with van der Waals surface area (Å²) in [5.41, 5.74) is 4.34. The molecule has 1 amide bonds. The average molecular weight is 338 g/mol. The Morgan fingerprint density at radius 2 is 2.12 bits per heavy atom. The number of carbonyl (C=O) groups is 1. The summed E-state index contributed by atoms with van der Waals surface area (Å²) in [6.07, 6.45) is 6.07. The van der Waals surface area contributed by atoms with Crippen LogP contribution in [-0.4, -0.2) is 33.4 Å². The molecule has 2 heterocycles. The van der Waals surface area contributed by atoms with Gasteiger partial charge in [-0.3, -0.25) is 14.8 Å². The summed E-state index contributed by atoms with van der Waals surface area (Å²) < 4.78 is 0. The summed E-state index contributed by atoms with van der Waals surface area (Å²) in [5, 5.41) is 3.50. The maximum atomic E-state index is 12.2. The van der Waals surface area contributed by atoms with Crippen LogP contribution in [0.4, 0.5) is 0 Å². The van der Waals surface area contributed by atoms with Gasteiger partial charge < -0.3 is 10.2 Å². The Balaban J connectivity index is 1.49. The molecule has 1 aliphatic heterocycles. The number of likely N-dealkylation sites (tertiary alicyclic amines) is 1. The van der Waals surface area contributed by atoms with Gasteiger partial charge in [-0.2, -0.15) is 0 Å². The second-order valence-corrected chi connectivity index (χ2v) is 6.82. The van der Waals surface area contributed by atoms with Gasteiger partial charge in [-0.05, 0) is 38.8 Å². The normalized spacial score (nSPS) is 17.3. The maximum Gasteiger partial charge on any atom is 0.223 e. The molecule has 5 heteroatoms. The minimum atomic E-state index is 0.228. The monoisotopic (exact) mass is 338 g/mol. The van der Waals surface area contributed by atoms with E-state index in [1.54, 1.807) is 12.4 Å². The Labute approximate surface area is 149 Å². The van der Waals surface area contributed by atoms with Gasteiger partial charge in [0, 0.05) is 25.2 Å². The molecule has 1 aromatic carbocycles. The smallest absolute Gasteiger partial charge is 0.223 e. The molecular weight excluding hydrogens is 312 g/mol. The topological polar surface area (TPSA) is 58.1 Å². The van der Waals surface area contributed by atoms with E-state index in [0.29, 0.717) is 19.0 Å². The first-order valence-electron chi connectivity index (χ1n) is 8.95. The lowest BCUT2D eigenvalue weighted by Gasteiger charge is -2.24. The van der Waals surface area contributed by atoms with E-state index >= 15 is 0 Å². The molecule has 0 radical (unpaired) electrons. The Morgan fingerprint density at radius 1 is 1.24 bits per heavy atom. The molecule has 1 aliphatic rings. The molecule has 0 bridgehead atoms. The zero-order valence-corrected chi connectivity index (χ0v) is 15.0. The van der Waals surface area contributed by atoms with Crippen molar-refractivity contribution in [3.8, 4) is 0 Å². The number of rotatable bonds is 7. The quantitative estimate of drug-likeness (QED) is 0.789. The summed E-state index contributed by atoms with van der Waals surface area (Å²) in [6, 6.07) is 8.84. The molecule has 1 atom stereocenters. The Kier molecular flexibility index (Phi) is 5.76. The highest BCUT2D eigenvalue weighted by Gasteiger charge is 2.30. The zero-order valence-electron chi connectivity index (χ0n) is 15.0. The molecule has 0 unspecified atom stereocenters. The van der Waals surface area contributed by atoms with E-state index in [0.717, 1.165) is 37.3 Å². The molecule has 1 N–H and O–H groups in total. The number of aromatic nitrogens is 2. The summed E-state index contributed by atoms with van der Waals surface area (Å²) in [7, 11) is 0. The van der Waals surface area contributed by atoms with E-state index < -0.39 is 0 Å². The van der Waals surface area contributed by atoms with Crippen molar-refractivity contribution in [2.75, 3.05) is 6.54 Å². The molecule has 2 aromatic rings. The van der Waals surface area contributed by atoms with Gasteiger partial charge in [0.25, 0.3) is 0 Å². The molecule has 132 valence electrons. The van der Waals surface area contributed by atoms with Gasteiger partial charge in [0.1, 0.15) is 0 Å². The van der Waals surface area contributed by atoms with Crippen molar-refractivity contribution >= 4 is 5.91 Å². The third kappa shape index (κ3) is 4.86. The molecule has 25 heavy (non-hydrogen) atoms. The first-order valence-corrected chi connectivity index (χ1v) is 8.95. The van der Waals surface area contributed by atoms with Gasteiger partial charge in [-0.1, -0.05) is 29.8 Å². The fraction of sp³-hybridized carbons (Fsp3) is 0.450. The van der Waals surface area contributed by atoms with Gasteiger partial charge in [-0.25, -0.2) is 0 Å². The highest BCUT2D eigenvalue weighted by atomic mass is 16.2. The molecule has 5 nitrogen and oxygen atoms in total. The maximum absolute atomic E-state index is 12.2. The molecule has 3 rings (SSSR count). The Morgan fingerprint density at radius 3 is 2.88 bits per heavy atom. The molecule has 0 aliphatic carbocycles. The predicted molar refractivity (Wildman–Crippen MR) is 97.8 cm³/mol. The van der Waals surface area contributed by atoms with Crippen molar-refractivity contribution in [1.82, 2.24) is 20.2 Å². The molecule has 1 fully saturated rings. The molecular formula is C20H26N4O. The van der Waals surface area contributed by atoms with Crippen LogP contribution in [0.5, 0.6) is 0 Å². The predicted octanol–water partition coefficient (Wildman–Crippen LogP) is 2.76. The van der Waals surface area contributed by atoms with E-state index in [-0.39, 0.29) is 5.91 Å². The van der Waals surface area contributed by atoms with E-state index in [2.05, 4.69) is 46.5 Å². The molecule has 0 spiro atoms. The standard InChI is InChI=1S/C20H26N4O/c1-15-4-3-5-17(10-15)12-21-9-8-19-6-7-20(25)24(19)14-18-13-22-16(2)11-23-18/h3-5,10-11,13,19,21H,6-9,12,14H2,1-2H3/t19-/m0/s1. The van der Waals surface area contributed by atoms with Crippen molar-refractivity contribution in [3.63, 3.8) is 0 Å². The average Bonchev–Trinajstić information content (AvgIpc) is 2.94. The number of nitrogens with one attached hydrogen (secondary N) is 1. The summed E-state index contributed by atoms with van der Waals surface area (Å²) in [5.74, 6) is 0.228. The number of amides is 1. The Hall–Kier alpha value is -2.27. The number of nitrogens with zero attached hydrogens (tertiary/aromatic N) is 3. The van der Waals surface area contributed by atoms with Crippen LogP contribution in [0.1, 0.15) is 41.8 Å². The third-order valence-electron chi connectivity index (χ3n) is 4.69. The first-order chi connectivity index (χ1) is 12.1. The van der Waals surface area contributed by atoms with Crippen molar-refractivity contribution < 1.29 is 4.79 Å². The third-order valence-corrected chi connectivity index (χ3v) is 4.69. The summed E-state index contributed by atoms with van der Waals surface area (Å²) >= 11 is 0. The summed E-state index contributed by atoms with van der Waals surface area (Å²) in [6.45, 7) is 6.36. The van der Waals surface area contributed by atoms with E-state index in [9.17, 15) is 4.79 Å². The number of carbonyl (C=O) groups excluding carboxylic acids is 1. The van der Waals surface area contributed by atoms with E-state index in [4.69, 9.17) is 0 Å².